The summed E-state index contributed by atoms with van der Waals surface area (Å²) in [7, 11) is 0. The van der Waals surface area contributed by atoms with Crippen molar-refractivity contribution >= 4 is 23.1 Å². The van der Waals surface area contributed by atoms with Gasteiger partial charge in [-0.15, -0.1) is 11.3 Å². The molecule has 3 heterocycles. The molecular weight excluding hydrogens is 310 g/mol. The number of nitrogens with zero attached hydrogens (tertiary/aromatic N) is 3. The molecule has 0 saturated carbocycles. The van der Waals surface area contributed by atoms with Crippen molar-refractivity contribution in [3.05, 3.63) is 45.4 Å². The molecule has 23 heavy (non-hydrogen) atoms. The highest BCUT2D eigenvalue weighted by atomic mass is 32.1. The van der Waals surface area contributed by atoms with E-state index in [-0.39, 0.29) is 6.09 Å². The molecule has 1 amide bonds. The standard InChI is InChI=1S/C17H19N3O2S/c1-12-18-14(11-23-12)10-19-6-5-15-13(9-19)3-2-4-16(15)20-7-8-22-17(20)21/h2-4,11H,5-10H2,1H3. The van der Waals surface area contributed by atoms with Gasteiger partial charge < -0.3 is 4.74 Å². The Hall–Kier alpha value is -1.92. The average molecular weight is 329 g/mol. The van der Waals surface area contributed by atoms with Crippen molar-refractivity contribution in [3.63, 3.8) is 0 Å². The van der Waals surface area contributed by atoms with Gasteiger partial charge in [0.2, 0.25) is 0 Å². The number of hydrogen-bond acceptors (Lipinski definition) is 5. The quantitative estimate of drug-likeness (QED) is 0.868. The molecule has 1 aromatic heterocycles. The molecule has 120 valence electrons. The monoisotopic (exact) mass is 329 g/mol. The van der Waals surface area contributed by atoms with Gasteiger partial charge in [-0.05, 0) is 30.5 Å². The fourth-order valence-corrected chi connectivity index (χ4v) is 3.96. The molecule has 0 aliphatic carbocycles. The van der Waals surface area contributed by atoms with Crippen molar-refractivity contribution in [1.82, 2.24) is 9.88 Å². The molecule has 2 aliphatic heterocycles. The third-order valence-corrected chi connectivity index (χ3v) is 5.25. The van der Waals surface area contributed by atoms with Gasteiger partial charge in [-0.2, -0.15) is 0 Å². The van der Waals surface area contributed by atoms with Crippen LogP contribution in [0.15, 0.2) is 23.6 Å². The zero-order chi connectivity index (χ0) is 15.8. The Morgan fingerprint density at radius 3 is 3.00 bits per heavy atom. The lowest BCUT2D eigenvalue weighted by Crippen LogP contribution is -2.32. The number of aryl methyl sites for hydroxylation is 1. The maximum absolute atomic E-state index is 11.9. The molecule has 0 atom stereocenters. The number of amides is 1. The first-order valence-electron chi connectivity index (χ1n) is 7.89. The molecule has 1 saturated heterocycles. The van der Waals surface area contributed by atoms with Crippen molar-refractivity contribution in [1.29, 1.82) is 0 Å². The predicted molar refractivity (Wildman–Crippen MR) is 89.8 cm³/mol. The first kappa shape index (κ1) is 14.7. The first-order chi connectivity index (χ1) is 11.2. The summed E-state index contributed by atoms with van der Waals surface area (Å²) >= 11 is 1.70. The van der Waals surface area contributed by atoms with Crippen LogP contribution in [0, 0.1) is 6.92 Å². The van der Waals surface area contributed by atoms with Gasteiger partial charge >= 0.3 is 6.09 Å². The summed E-state index contributed by atoms with van der Waals surface area (Å²) in [5.74, 6) is 0. The second kappa shape index (κ2) is 5.94. The number of anilines is 1. The Kier molecular flexibility index (Phi) is 3.79. The molecule has 1 aromatic carbocycles. The lowest BCUT2D eigenvalue weighted by Gasteiger charge is -2.30. The van der Waals surface area contributed by atoms with Crippen LogP contribution in [0.5, 0.6) is 0 Å². The molecule has 0 radical (unpaired) electrons. The minimum atomic E-state index is -0.223. The number of cyclic esters (lactones) is 1. The van der Waals surface area contributed by atoms with E-state index in [4.69, 9.17) is 4.74 Å². The molecule has 5 nitrogen and oxygen atoms in total. The molecule has 2 aliphatic rings. The number of carbonyl (C=O) groups excluding carboxylic acids is 1. The number of benzene rings is 1. The van der Waals surface area contributed by atoms with E-state index in [1.54, 1.807) is 16.2 Å². The average Bonchev–Trinajstić information content (AvgIpc) is 3.15. The van der Waals surface area contributed by atoms with Gasteiger partial charge in [0.15, 0.2) is 0 Å². The summed E-state index contributed by atoms with van der Waals surface area (Å²) in [6, 6.07) is 6.24. The molecule has 0 bridgehead atoms. The maximum Gasteiger partial charge on any atom is 0.414 e. The summed E-state index contributed by atoms with van der Waals surface area (Å²) in [6.07, 6.45) is 0.733. The van der Waals surface area contributed by atoms with E-state index in [0.717, 1.165) is 42.4 Å². The molecule has 0 unspecified atom stereocenters. The highest BCUT2D eigenvalue weighted by Crippen LogP contribution is 2.31. The highest BCUT2D eigenvalue weighted by Gasteiger charge is 2.28. The third kappa shape index (κ3) is 2.84. The van der Waals surface area contributed by atoms with Crippen LogP contribution >= 0.6 is 11.3 Å². The van der Waals surface area contributed by atoms with Crippen LogP contribution in [-0.2, 0) is 24.2 Å². The number of rotatable bonds is 3. The zero-order valence-corrected chi connectivity index (χ0v) is 13.9. The fraction of sp³-hybridized carbons (Fsp3) is 0.412. The Labute approximate surface area is 139 Å². The summed E-state index contributed by atoms with van der Waals surface area (Å²) in [5.41, 5.74) is 4.77. The van der Waals surface area contributed by atoms with Crippen molar-refractivity contribution < 1.29 is 9.53 Å². The predicted octanol–water partition coefficient (Wildman–Crippen LogP) is 2.97. The molecule has 4 rings (SSSR count). The highest BCUT2D eigenvalue weighted by molar-refractivity contribution is 7.09. The number of thiazole rings is 1. The summed E-state index contributed by atoms with van der Waals surface area (Å²) in [5, 5.41) is 3.26. The van der Waals surface area contributed by atoms with Crippen LogP contribution in [0.3, 0.4) is 0 Å². The van der Waals surface area contributed by atoms with Crippen molar-refractivity contribution in [2.45, 2.75) is 26.4 Å². The van der Waals surface area contributed by atoms with Crippen LogP contribution in [0.2, 0.25) is 0 Å². The van der Waals surface area contributed by atoms with Crippen molar-refractivity contribution in [2.24, 2.45) is 0 Å². The van der Waals surface area contributed by atoms with E-state index < -0.39 is 0 Å². The fourth-order valence-electron chi connectivity index (χ4n) is 3.36. The number of ether oxygens (including phenoxy) is 1. The van der Waals surface area contributed by atoms with Crippen LogP contribution < -0.4 is 4.90 Å². The topological polar surface area (TPSA) is 45.7 Å². The van der Waals surface area contributed by atoms with E-state index in [1.807, 2.05) is 19.1 Å². The minimum Gasteiger partial charge on any atom is -0.447 e. The van der Waals surface area contributed by atoms with Gasteiger partial charge in [0, 0.05) is 25.0 Å². The normalized spacial score (nSPS) is 18.1. The smallest absolute Gasteiger partial charge is 0.414 e. The van der Waals surface area contributed by atoms with Crippen LogP contribution in [0.4, 0.5) is 10.5 Å². The van der Waals surface area contributed by atoms with Gasteiger partial charge in [0.25, 0.3) is 0 Å². The van der Waals surface area contributed by atoms with E-state index in [2.05, 4.69) is 21.3 Å². The summed E-state index contributed by atoms with van der Waals surface area (Å²) < 4.78 is 5.08. The Morgan fingerprint density at radius 2 is 2.26 bits per heavy atom. The van der Waals surface area contributed by atoms with Crippen LogP contribution in [0.25, 0.3) is 0 Å². The molecule has 6 heteroatoms. The van der Waals surface area contributed by atoms with E-state index in [9.17, 15) is 4.79 Å². The van der Waals surface area contributed by atoms with Gasteiger partial charge in [-0.1, -0.05) is 12.1 Å². The molecule has 1 fully saturated rings. The number of carbonyl (C=O) groups is 1. The third-order valence-electron chi connectivity index (χ3n) is 4.42. The SMILES string of the molecule is Cc1nc(CN2CCc3c(cccc3N3CCOC3=O)C2)cs1. The zero-order valence-electron chi connectivity index (χ0n) is 13.1. The van der Waals surface area contributed by atoms with E-state index >= 15 is 0 Å². The van der Waals surface area contributed by atoms with Crippen molar-refractivity contribution in [2.75, 3.05) is 24.6 Å². The first-order valence-corrected chi connectivity index (χ1v) is 8.77. The van der Waals surface area contributed by atoms with Crippen LogP contribution in [0.1, 0.15) is 21.8 Å². The number of fused-ring (bicyclic) bond motifs is 1. The molecule has 0 spiro atoms. The van der Waals surface area contributed by atoms with Gasteiger partial charge in [0.1, 0.15) is 6.61 Å². The van der Waals surface area contributed by atoms with Crippen molar-refractivity contribution in [3.8, 4) is 0 Å². The molecular formula is C17H19N3O2S. The van der Waals surface area contributed by atoms with Gasteiger partial charge in [-0.25, -0.2) is 9.78 Å². The molecule has 2 aromatic rings. The number of hydrogen-bond donors (Lipinski definition) is 0. The Bertz CT molecular complexity index is 743. The summed E-state index contributed by atoms with van der Waals surface area (Å²) in [4.78, 5) is 20.6. The van der Waals surface area contributed by atoms with Crippen LogP contribution in [-0.4, -0.2) is 35.7 Å². The van der Waals surface area contributed by atoms with E-state index in [0.29, 0.717) is 13.2 Å². The van der Waals surface area contributed by atoms with Gasteiger partial charge in [-0.3, -0.25) is 9.80 Å². The Morgan fingerprint density at radius 1 is 1.35 bits per heavy atom. The maximum atomic E-state index is 11.9. The lowest BCUT2D eigenvalue weighted by molar-refractivity contribution is 0.181. The van der Waals surface area contributed by atoms with Gasteiger partial charge in [0.05, 0.1) is 22.9 Å². The largest absolute Gasteiger partial charge is 0.447 e. The minimum absolute atomic E-state index is 0.223. The van der Waals surface area contributed by atoms with E-state index in [1.165, 1.54) is 11.1 Å². The molecule has 0 N–H and O–H groups in total. The second-order valence-corrected chi connectivity index (χ2v) is 7.06. The Balaban J connectivity index is 1.55. The summed E-state index contributed by atoms with van der Waals surface area (Å²) in [6.45, 7) is 5.96. The second-order valence-electron chi connectivity index (χ2n) is 6.00. The number of aromatic nitrogens is 1. The lowest BCUT2D eigenvalue weighted by atomic mass is 9.97.